The molecule has 224 valence electrons. The van der Waals surface area contributed by atoms with E-state index in [0.717, 1.165) is 47.3 Å². The van der Waals surface area contributed by atoms with E-state index in [2.05, 4.69) is 147 Å². The predicted octanol–water partition coefficient (Wildman–Crippen LogP) is 11.1. The summed E-state index contributed by atoms with van der Waals surface area (Å²) < 4.78 is 0. The van der Waals surface area contributed by atoms with Crippen molar-refractivity contribution in [3.8, 4) is 0 Å². The van der Waals surface area contributed by atoms with Crippen LogP contribution in [0.5, 0.6) is 0 Å². The van der Waals surface area contributed by atoms with Gasteiger partial charge in [0, 0.05) is 41.3 Å². The summed E-state index contributed by atoms with van der Waals surface area (Å²) in [6.45, 7) is 11.8. The maximum atomic E-state index is 5.16. The van der Waals surface area contributed by atoms with E-state index in [0.29, 0.717) is 11.8 Å². The average Bonchev–Trinajstić information content (AvgIpc) is 3.07. The molecule has 0 N–H and O–H groups in total. The number of aromatic nitrogens is 1. The Labute approximate surface area is 266 Å². The molecular weight excluding hydrogens is 548 g/mol. The molecule has 1 aromatic heterocycles. The summed E-state index contributed by atoms with van der Waals surface area (Å²) >= 11 is 0. The Bertz CT molecular complexity index is 2070. The molecule has 7 rings (SSSR count). The molecule has 0 fully saturated rings. The van der Waals surface area contributed by atoms with Crippen LogP contribution >= 0.6 is 0 Å². The molecule has 0 aliphatic carbocycles. The van der Waals surface area contributed by atoms with Crippen LogP contribution in [-0.2, 0) is 0 Å². The smallest absolute Gasteiger partial charge is 0.137 e. The second-order valence-electron chi connectivity index (χ2n) is 12.5. The second-order valence-corrected chi connectivity index (χ2v) is 12.5. The summed E-state index contributed by atoms with van der Waals surface area (Å²) in [6, 6.07) is 33.2. The predicted molar refractivity (Wildman–Crippen MR) is 194 cm³/mol. The molecule has 0 bridgehead atoms. The Morgan fingerprint density at radius 1 is 0.778 bits per heavy atom. The van der Waals surface area contributed by atoms with Crippen molar-refractivity contribution in [2.75, 3.05) is 16.3 Å². The van der Waals surface area contributed by atoms with Gasteiger partial charge >= 0.3 is 0 Å². The van der Waals surface area contributed by atoms with Crippen LogP contribution in [0.4, 0.5) is 22.9 Å². The fourth-order valence-corrected chi connectivity index (χ4v) is 6.71. The third kappa shape index (κ3) is 5.14. The molecule has 4 nitrogen and oxygen atoms in total. The lowest BCUT2D eigenvalue weighted by molar-refractivity contribution is 0.391. The third-order valence-electron chi connectivity index (χ3n) is 9.42. The molecule has 0 amide bonds. The molecule has 0 saturated heterocycles. The summed E-state index contributed by atoms with van der Waals surface area (Å²) in [5.74, 6) is 3.21. The standard InChI is InChI=1S/C41H40N4/c1-6-7-11-30(5)44(38-23-14-27(2)25-42-38)36-21-17-31-16-20-35-37(22-18-32-15-19-34(36)40(31)41(32)35)45(33-12-9-8-10-13-33)39-24-28(3)29(4)26-43-39/h6-23,25,28-29H,24,26H2,1-5H3/b7-6-,30-11+. The molecule has 2 unspecified atom stereocenters. The highest BCUT2D eigenvalue weighted by molar-refractivity contribution is 6.28. The van der Waals surface area contributed by atoms with E-state index in [1.54, 1.807) is 0 Å². The zero-order valence-corrected chi connectivity index (χ0v) is 26.8. The molecule has 4 heteroatoms. The fraction of sp³-hybridized carbons (Fsp3) is 0.220. The van der Waals surface area contributed by atoms with Crippen molar-refractivity contribution >= 4 is 61.0 Å². The van der Waals surface area contributed by atoms with E-state index < -0.39 is 0 Å². The minimum Gasteiger partial charge on any atom is -0.299 e. The third-order valence-corrected chi connectivity index (χ3v) is 9.42. The van der Waals surface area contributed by atoms with Crippen molar-refractivity contribution in [2.45, 2.75) is 41.0 Å². The van der Waals surface area contributed by atoms with E-state index >= 15 is 0 Å². The first-order valence-electron chi connectivity index (χ1n) is 16.1. The van der Waals surface area contributed by atoms with E-state index in [9.17, 15) is 0 Å². The van der Waals surface area contributed by atoms with Gasteiger partial charge in [-0.05, 0) is 96.1 Å². The monoisotopic (exact) mass is 588 g/mol. The SMILES string of the molecule is C/C=C\C=C(/C)N(c1ccc(C)cn1)c1ccc2ccc3c(N(C4=NCC(C)C(C)C4)c4ccccc4)ccc4ccc1c2c43. The van der Waals surface area contributed by atoms with Crippen LogP contribution in [0.25, 0.3) is 32.3 Å². The van der Waals surface area contributed by atoms with Gasteiger partial charge < -0.3 is 0 Å². The molecule has 1 aliphatic heterocycles. The topological polar surface area (TPSA) is 31.7 Å². The van der Waals surface area contributed by atoms with Gasteiger partial charge in [0.05, 0.1) is 11.4 Å². The lowest BCUT2D eigenvalue weighted by Crippen LogP contribution is -2.33. The lowest BCUT2D eigenvalue weighted by Gasteiger charge is -2.34. The summed E-state index contributed by atoms with van der Waals surface area (Å²) in [5, 5.41) is 7.49. The molecular formula is C41H40N4. The van der Waals surface area contributed by atoms with E-state index in [-0.39, 0.29) is 0 Å². The van der Waals surface area contributed by atoms with Gasteiger partial charge in [0.25, 0.3) is 0 Å². The Balaban J connectivity index is 1.48. The number of pyridine rings is 1. The van der Waals surface area contributed by atoms with Crippen LogP contribution in [0.1, 0.15) is 39.7 Å². The Kier molecular flexibility index (Phi) is 7.58. The number of aryl methyl sites for hydroxylation is 1. The zero-order valence-electron chi connectivity index (χ0n) is 26.8. The second kappa shape index (κ2) is 11.9. The Hall–Kier alpha value is -4.96. The highest BCUT2D eigenvalue weighted by Gasteiger charge is 2.27. The van der Waals surface area contributed by atoms with Crippen LogP contribution in [0.2, 0.25) is 0 Å². The quantitative estimate of drug-likeness (QED) is 0.143. The van der Waals surface area contributed by atoms with Gasteiger partial charge in [-0.1, -0.05) is 86.7 Å². The summed E-state index contributed by atoms with van der Waals surface area (Å²) in [6.07, 6.45) is 9.21. The van der Waals surface area contributed by atoms with Crippen molar-refractivity contribution in [2.24, 2.45) is 16.8 Å². The molecule has 2 atom stereocenters. The molecule has 0 radical (unpaired) electrons. The summed E-state index contributed by atoms with van der Waals surface area (Å²) in [4.78, 5) is 14.7. The number of hydrogen-bond acceptors (Lipinski definition) is 4. The number of allylic oxidation sites excluding steroid dienone is 4. The van der Waals surface area contributed by atoms with Gasteiger partial charge in [0.1, 0.15) is 11.7 Å². The minimum atomic E-state index is 0.575. The molecule has 5 aromatic carbocycles. The van der Waals surface area contributed by atoms with Gasteiger partial charge in [-0.2, -0.15) is 0 Å². The number of aliphatic imine (C=N–C) groups is 1. The zero-order chi connectivity index (χ0) is 31.1. The minimum absolute atomic E-state index is 0.575. The first-order chi connectivity index (χ1) is 21.9. The van der Waals surface area contributed by atoms with E-state index in [1.165, 1.54) is 38.0 Å². The van der Waals surface area contributed by atoms with Gasteiger partial charge in [-0.15, -0.1) is 0 Å². The van der Waals surface area contributed by atoms with Gasteiger partial charge in [-0.25, -0.2) is 4.98 Å². The number of nitrogens with zero attached hydrogens (tertiary/aromatic N) is 4. The first-order valence-corrected chi connectivity index (χ1v) is 16.1. The van der Waals surface area contributed by atoms with E-state index in [4.69, 9.17) is 9.98 Å². The van der Waals surface area contributed by atoms with Gasteiger partial charge in [0.2, 0.25) is 0 Å². The van der Waals surface area contributed by atoms with Crippen LogP contribution in [-0.4, -0.2) is 17.4 Å². The van der Waals surface area contributed by atoms with Crippen molar-refractivity contribution < 1.29 is 0 Å². The number of amidine groups is 1. The number of para-hydroxylation sites is 1. The fourth-order valence-electron chi connectivity index (χ4n) is 6.71. The Morgan fingerprint density at radius 3 is 2.09 bits per heavy atom. The lowest BCUT2D eigenvalue weighted by atomic mass is 9.89. The molecule has 0 spiro atoms. The molecule has 0 saturated carbocycles. The normalized spacial score (nSPS) is 17.4. The van der Waals surface area contributed by atoms with Crippen LogP contribution in [0, 0.1) is 18.8 Å². The molecule has 1 aliphatic rings. The van der Waals surface area contributed by atoms with Crippen LogP contribution in [0.15, 0.2) is 126 Å². The summed E-state index contributed by atoms with van der Waals surface area (Å²) in [7, 11) is 0. The van der Waals surface area contributed by atoms with Crippen LogP contribution in [0.3, 0.4) is 0 Å². The van der Waals surface area contributed by atoms with Crippen molar-refractivity contribution in [3.63, 3.8) is 0 Å². The highest BCUT2D eigenvalue weighted by atomic mass is 15.2. The molecule has 6 aromatic rings. The van der Waals surface area contributed by atoms with Gasteiger partial charge in [-0.3, -0.25) is 14.8 Å². The largest absolute Gasteiger partial charge is 0.299 e. The van der Waals surface area contributed by atoms with Crippen molar-refractivity contribution in [1.82, 2.24) is 4.98 Å². The number of benzene rings is 5. The average molecular weight is 589 g/mol. The number of hydrogen-bond donors (Lipinski definition) is 0. The van der Waals surface area contributed by atoms with E-state index in [1.807, 2.05) is 13.1 Å². The van der Waals surface area contributed by atoms with Gasteiger partial charge in [0.15, 0.2) is 0 Å². The van der Waals surface area contributed by atoms with Crippen molar-refractivity contribution in [1.29, 1.82) is 0 Å². The molecule has 2 heterocycles. The highest BCUT2D eigenvalue weighted by Crippen LogP contribution is 2.45. The number of rotatable bonds is 6. The van der Waals surface area contributed by atoms with Crippen LogP contribution < -0.4 is 9.80 Å². The molecule has 45 heavy (non-hydrogen) atoms. The first kappa shape index (κ1) is 28.8. The number of anilines is 4. The maximum Gasteiger partial charge on any atom is 0.137 e. The van der Waals surface area contributed by atoms with Crippen molar-refractivity contribution in [3.05, 3.63) is 127 Å². The Morgan fingerprint density at radius 2 is 1.44 bits per heavy atom. The maximum absolute atomic E-state index is 5.16. The summed E-state index contributed by atoms with van der Waals surface area (Å²) in [5.41, 5.74) is 5.70.